The van der Waals surface area contributed by atoms with Crippen molar-refractivity contribution in [3.63, 3.8) is 0 Å². The molecule has 2 aliphatic rings. The number of carbonyl (C=O) groups excluding carboxylic acids is 3. The number of hydrogen-bond acceptors (Lipinski definition) is 7. The highest BCUT2D eigenvalue weighted by Gasteiger charge is 2.52. The van der Waals surface area contributed by atoms with Gasteiger partial charge in [0.2, 0.25) is 5.57 Å². The Hall–Kier alpha value is -3.03. The molecule has 29 heavy (non-hydrogen) atoms. The van der Waals surface area contributed by atoms with E-state index in [-0.39, 0.29) is 12.5 Å². The highest BCUT2D eigenvalue weighted by atomic mass is 16.8. The van der Waals surface area contributed by atoms with Crippen molar-refractivity contribution in [3.8, 4) is 0 Å². The Morgan fingerprint density at radius 1 is 1.24 bits per heavy atom. The van der Waals surface area contributed by atoms with Crippen molar-refractivity contribution in [1.29, 1.82) is 0 Å². The first kappa shape index (κ1) is 20.7. The van der Waals surface area contributed by atoms with Gasteiger partial charge < -0.3 is 24.6 Å². The normalized spacial score (nSPS) is 23.9. The number of nitrogens with one attached hydrogen (secondary N) is 1. The molecular formula is C21H25NO7. The molecule has 8 nitrogen and oxygen atoms in total. The zero-order chi connectivity index (χ0) is 20.9. The average molecular weight is 403 g/mol. The third kappa shape index (κ3) is 4.70. The van der Waals surface area contributed by atoms with Gasteiger partial charge >= 0.3 is 17.9 Å². The molecule has 0 saturated heterocycles. The fourth-order valence-corrected chi connectivity index (χ4v) is 3.78. The van der Waals surface area contributed by atoms with Gasteiger partial charge in [0, 0.05) is 12.3 Å². The molecule has 2 unspecified atom stereocenters. The number of aliphatic hydroxyl groups is 1. The van der Waals surface area contributed by atoms with Crippen molar-refractivity contribution in [2.45, 2.75) is 44.8 Å². The molecule has 8 heteroatoms. The quantitative estimate of drug-likeness (QED) is 0.553. The van der Waals surface area contributed by atoms with Crippen molar-refractivity contribution < 1.29 is 33.7 Å². The van der Waals surface area contributed by atoms with Crippen molar-refractivity contribution in [2.24, 2.45) is 5.92 Å². The highest BCUT2D eigenvalue weighted by molar-refractivity contribution is 6.17. The summed E-state index contributed by atoms with van der Waals surface area (Å²) in [5.41, 5.74) is 0.420. The molecule has 1 aromatic carbocycles. The number of hydrogen-bond donors (Lipinski definition) is 2. The van der Waals surface area contributed by atoms with Gasteiger partial charge in [-0.3, -0.25) is 9.59 Å². The third-order valence-corrected chi connectivity index (χ3v) is 5.15. The van der Waals surface area contributed by atoms with Crippen LogP contribution in [0.25, 0.3) is 0 Å². The smallest absolute Gasteiger partial charge is 0.354 e. The van der Waals surface area contributed by atoms with Gasteiger partial charge in [0.05, 0.1) is 6.61 Å². The minimum absolute atomic E-state index is 0.158. The molecule has 0 bridgehead atoms. The first-order valence-corrected chi connectivity index (χ1v) is 9.78. The number of rotatable bonds is 6. The van der Waals surface area contributed by atoms with E-state index in [4.69, 9.17) is 14.2 Å². The molecule has 1 aliphatic heterocycles. The number of esters is 2. The summed E-state index contributed by atoms with van der Waals surface area (Å²) in [4.78, 5) is 36.2. The van der Waals surface area contributed by atoms with Crippen LogP contribution < -0.4 is 5.32 Å². The zero-order valence-electron chi connectivity index (χ0n) is 16.3. The number of ether oxygens (including phenoxy) is 3. The van der Waals surface area contributed by atoms with Gasteiger partial charge in [0.25, 0.3) is 11.7 Å². The van der Waals surface area contributed by atoms with Crippen LogP contribution in [-0.2, 0) is 35.0 Å². The van der Waals surface area contributed by atoms with Crippen molar-refractivity contribution >= 4 is 17.8 Å². The van der Waals surface area contributed by atoms with Crippen molar-refractivity contribution in [1.82, 2.24) is 5.32 Å². The van der Waals surface area contributed by atoms with Gasteiger partial charge in [-0.15, -0.1) is 0 Å². The minimum atomic E-state index is -1.31. The van der Waals surface area contributed by atoms with E-state index in [9.17, 15) is 19.5 Å². The van der Waals surface area contributed by atoms with E-state index in [2.05, 4.69) is 5.32 Å². The predicted octanol–water partition coefficient (Wildman–Crippen LogP) is 2.14. The number of carbonyl (C=O) groups is 3. The van der Waals surface area contributed by atoms with Gasteiger partial charge in [-0.1, -0.05) is 36.8 Å². The fourth-order valence-electron chi connectivity index (χ4n) is 3.78. The standard InChI is InChI=1S/C21H25NO7/c1-2-27-16(23)13-22-18(24)17-19(25)28-21(29-20(17)26)11-7-6-10-15(21)12-14-8-4-3-5-9-14/h3-5,8-9,15,25H,2,6-7,10-13H2,1H3,(H,22,24). The van der Waals surface area contributed by atoms with Crippen LogP contribution in [-0.4, -0.2) is 41.9 Å². The van der Waals surface area contributed by atoms with E-state index in [1.54, 1.807) is 6.92 Å². The van der Waals surface area contributed by atoms with E-state index in [1.807, 2.05) is 30.3 Å². The van der Waals surface area contributed by atoms with Gasteiger partial charge in [-0.2, -0.15) is 0 Å². The van der Waals surface area contributed by atoms with Crippen LogP contribution in [0.1, 0.15) is 38.2 Å². The maximum atomic E-state index is 12.6. The van der Waals surface area contributed by atoms with Crippen LogP contribution in [0.3, 0.4) is 0 Å². The molecule has 1 fully saturated rings. The lowest BCUT2D eigenvalue weighted by Crippen LogP contribution is -2.52. The van der Waals surface area contributed by atoms with Gasteiger partial charge in [0.1, 0.15) is 6.54 Å². The van der Waals surface area contributed by atoms with E-state index >= 15 is 0 Å². The summed E-state index contributed by atoms with van der Waals surface area (Å²) in [6.45, 7) is 1.37. The monoisotopic (exact) mass is 403 g/mol. The van der Waals surface area contributed by atoms with Crippen molar-refractivity contribution in [3.05, 3.63) is 47.4 Å². The molecule has 1 aromatic rings. The Morgan fingerprint density at radius 2 is 2.00 bits per heavy atom. The minimum Gasteiger partial charge on any atom is -0.480 e. The summed E-state index contributed by atoms with van der Waals surface area (Å²) in [6, 6.07) is 9.75. The Bertz CT molecular complexity index is 805. The van der Waals surface area contributed by atoms with Crippen LogP contribution in [0.15, 0.2) is 41.9 Å². The second-order valence-corrected chi connectivity index (χ2v) is 7.10. The Kier molecular flexibility index (Phi) is 6.41. The first-order chi connectivity index (χ1) is 13.9. The van der Waals surface area contributed by atoms with Crippen LogP contribution >= 0.6 is 0 Å². The summed E-state index contributed by atoms with van der Waals surface area (Å²) in [5.74, 6) is -4.81. The lowest BCUT2D eigenvalue weighted by Gasteiger charge is -2.44. The predicted molar refractivity (Wildman–Crippen MR) is 101 cm³/mol. The zero-order valence-corrected chi connectivity index (χ0v) is 16.3. The van der Waals surface area contributed by atoms with E-state index in [1.165, 1.54) is 0 Å². The Morgan fingerprint density at radius 3 is 2.69 bits per heavy atom. The molecule has 1 amide bonds. The molecule has 3 rings (SSSR count). The van der Waals surface area contributed by atoms with E-state index < -0.39 is 41.7 Å². The molecule has 0 radical (unpaired) electrons. The van der Waals surface area contributed by atoms with Crippen LogP contribution in [0, 0.1) is 5.92 Å². The second-order valence-electron chi connectivity index (χ2n) is 7.10. The molecule has 2 N–H and O–H groups in total. The molecule has 1 heterocycles. The van der Waals surface area contributed by atoms with Gasteiger partial charge in [-0.25, -0.2) is 4.79 Å². The summed E-state index contributed by atoms with van der Waals surface area (Å²) in [5, 5.41) is 12.6. The van der Waals surface area contributed by atoms with Crippen LogP contribution in [0.2, 0.25) is 0 Å². The van der Waals surface area contributed by atoms with Gasteiger partial charge in [-0.05, 0) is 31.7 Å². The lowest BCUT2D eigenvalue weighted by molar-refractivity contribution is -0.272. The Labute approximate surface area is 168 Å². The number of benzene rings is 1. The lowest BCUT2D eigenvalue weighted by atomic mass is 9.79. The molecule has 1 spiro atoms. The third-order valence-electron chi connectivity index (χ3n) is 5.15. The molecule has 1 saturated carbocycles. The molecular weight excluding hydrogens is 378 g/mol. The average Bonchev–Trinajstić information content (AvgIpc) is 2.69. The van der Waals surface area contributed by atoms with Crippen LogP contribution in [0.5, 0.6) is 0 Å². The van der Waals surface area contributed by atoms with E-state index in [0.717, 1.165) is 24.8 Å². The second kappa shape index (κ2) is 8.98. The molecule has 0 aromatic heterocycles. The topological polar surface area (TPSA) is 111 Å². The largest absolute Gasteiger partial charge is 0.480 e. The number of aliphatic hydroxyl groups excluding tert-OH is 1. The fraction of sp³-hybridized carbons (Fsp3) is 0.476. The van der Waals surface area contributed by atoms with E-state index in [0.29, 0.717) is 12.8 Å². The SMILES string of the molecule is CCOC(=O)CNC(=O)C1=C(O)OC2(CCCCC2Cc2ccccc2)OC1=O. The summed E-state index contributed by atoms with van der Waals surface area (Å²) >= 11 is 0. The first-order valence-electron chi connectivity index (χ1n) is 9.78. The van der Waals surface area contributed by atoms with Crippen molar-refractivity contribution in [2.75, 3.05) is 13.2 Å². The molecule has 2 atom stereocenters. The van der Waals surface area contributed by atoms with Gasteiger partial charge in [0.15, 0.2) is 0 Å². The highest BCUT2D eigenvalue weighted by Crippen LogP contribution is 2.43. The maximum Gasteiger partial charge on any atom is 0.354 e. The maximum absolute atomic E-state index is 12.6. The van der Waals surface area contributed by atoms with Crippen LogP contribution in [0.4, 0.5) is 0 Å². The molecule has 156 valence electrons. The Balaban J connectivity index is 1.75. The molecule has 1 aliphatic carbocycles. The summed E-state index contributed by atoms with van der Waals surface area (Å²) < 4.78 is 16.0. The summed E-state index contributed by atoms with van der Waals surface area (Å²) in [6.07, 6.45) is 3.54. The summed E-state index contributed by atoms with van der Waals surface area (Å²) in [7, 11) is 0. The number of amides is 1.